The number of rotatable bonds is 4. The molecule has 1 aliphatic carbocycles. The van der Waals surface area contributed by atoms with Gasteiger partial charge in [0.05, 0.1) is 6.10 Å². The summed E-state index contributed by atoms with van der Waals surface area (Å²) in [7, 11) is 1.74. The fourth-order valence-corrected chi connectivity index (χ4v) is 1.87. The molecule has 0 aromatic rings. The van der Waals surface area contributed by atoms with Gasteiger partial charge in [-0.2, -0.15) is 0 Å². The van der Waals surface area contributed by atoms with Gasteiger partial charge < -0.3 is 15.7 Å². The van der Waals surface area contributed by atoms with Gasteiger partial charge in [-0.3, -0.25) is 4.99 Å². The molecule has 4 nitrogen and oxygen atoms in total. The standard InChI is InChI=1S/C11H21N3O/c1-3-7-13-11(12-2)14-8-9-5-4-6-10(9)15/h3,9-10,15H,1,4-8H2,2H3,(H2,12,13,14). The summed E-state index contributed by atoms with van der Waals surface area (Å²) in [5, 5.41) is 15.9. The van der Waals surface area contributed by atoms with Crippen molar-refractivity contribution in [3.63, 3.8) is 0 Å². The molecular weight excluding hydrogens is 190 g/mol. The van der Waals surface area contributed by atoms with Crippen LogP contribution in [0.15, 0.2) is 17.6 Å². The van der Waals surface area contributed by atoms with Crippen molar-refractivity contribution in [3.05, 3.63) is 12.7 Å². The van der Waals surface area contributed by atoms with Gasteiger partial charge in [0, 0.05) is 26.1 Å². The molecule has 0 spiro atoms. The van der Waals surface area contributed by atoms with Crippen molar-refractivity contribution < 1.29 is 5.11 Å². The van der Waals surface area contributed by atoms with Crippen LogP contribution in [0, 0.1) is 5.92 Å². The highest BCUT2D eigenvalue weighted by atomic mass is 16.3. The van der Waals surface area contributed by atoms with E-state index in [1.54, 1.807) is 13.1 Å². The zero-order chi connectivity index (χ0) is 11.1. The molecule has 0 amide bonds. The van der Waals surface area contributed by atoms with Crippen molar-refractivity contribution in [2.45, 2.75) is 25.4 Å². The molecule has 0 aromatic heterocycles. The van der Waals surface area contributed by atoms with E-state index in [9.17, 15) is 5.11 Å². The molecule has 1 rings (SSSR count). The minimum absolute atomic E-state index is 0.144. The molecule has 0 aliphatic heterocycles. The third-order valence-electron chi connectivity index (χ3n) is 2.79. The minimum Gasteiger partial charge on any atom is -0.393 e. The average Bonchev–Trinajstić information content (AvgIpc) is 2.65. The van der Waals surface area contributed by atoms with Crippen LogP contribution in [-0.4, -0.2) is 37.3 Å². The highest BCUT2D eigenvalue weighted by Gasteiger charge is 2.24. The number of hydrogen-bond donors (Lipinski definition) is 3. The molecule has 1 aliphatic rings. The first kappa shape index (κ1) is 12.0. The third kappa shape index (κ3) is 3.91. The molecule has 1 fully saturated rings. The van der Waals surface area contributed by atoms with E-state index in [4.69, 9.17) is 0 Å². The summed E-state index contributed by atoms with van der Waals surface area (Å²) < 4.78 is 0. The third-order valence-corrected chi connectivity index (χ3v) is 2.79. The second-order valence-corrected chi connectivity index (χ2v) is 3.88. The summed E-state index contributed by atoms with van der Waals surface area (Å²) in [6.07, 6.45) is 4.82. The maximum Gasteiger partial charge on any atom is 0.191 e. The molecule has 15 heavy (non-hydrogen) atoms. The fourth-order valence-electron chi connectivity index (χ4n) is 1.87. The van der Waals surface area contributed by atoms with E-state index >= 15 is 0 Å². The van der Waals surface area contributed by atoms with E-state index in [2.05, 4.69) is 22.2 Å². The molecule has 2 atom stereocenters. The molecule has 0 saturated heterocycles. The zero-order valence-electron chi connectivity index (χ0n) is 9.37. The molecule has 3 N–H and O–H groups in total. The first-order valence-electron chi connectivity index (χ1n) is 5.51. The van der Waals surface area contributed by atoms with Gasteiger partial charge in [0.15, 0.2) is 5.96 Å². The first-order chi connectivity index (χ1) is 7.27. The van der Waals surface area contributed by atoms with E-state index < -0.39 is 0 Å². The van der Waals surface area contributed by atoms with Gasteiger partial charge in [-0.1, -0.05) is 12.5 Å². The largest absolute Gasteiger partial charge is 0.393 e. The summed E-state index contributed by atoms with van der Waals surface area (Å²) >= 11 is 0. The molecule has 4 heteroatoms. The Hall–Kier alpha value is -1.03. The number of hydrogen-bond acceptors (Lipinski definition) is 2. The van der Waals surface area contributed by atoms with E-state index in [0.717, 1.165) is 31.8 Å². The number of guanidine groups is 1. The molecule has 2 unspecified atom stereocenters. The highest BCUT2D eigenvalue weighted by molar-refractivity contribution is 5.79. The number of nitrogens with zero attached hydrogens (tertiary/aromatic N) is 1. The minimum atomic E-state index is -0.144. The normalized spacial score (nSPS) is 26.4. The molecule has 0 heterocycles. The Bertz CT molecular complexity index is 228. The second-order valence-electron chi connectivity index (χ2n) is 3.88. The lowest BCUT2D eigenvalue weighted by atomic mass is 10.1. The number of aliphatic imine (C=N–C) groups is 1. The van der Waals surface area contributed by atoms with Crippen molar-refractivity contribution in [3.8, 4) is 0 Å². The Morgan fingerprint density at radius 1 is 1.53 bits per heavy atom. The Labute approximate surface area is 91.5 Å². The van der Waals surface area contributed by atoms with Crippen molar-refractivity contribution in [1.29, 1.82) is 0 Å². The maximum absolute atomic E-state index is 9.63. The molecule has 0 bridgehead atoms. The van der Waals surface area contributed by atoms with Crippen molar-refractivity contribution >= 4 is 5.96 Å². The topological polar surface area (TPSA) is 56.7 Å². The SMILES string of the molecule is C=CCNC(=NC)NCC1CCCC1O. The van der Waals surface area contributed by atoms with Gasteiger partial charge in [-0.15, -0.1) is 6.58 Å². The van der Waals surface area contributed by atoms with Gasteiger partial charge >= 0.3 is 0 Å². The molecule has 0 aromatic carbocycles. The first-order valence-corrected chi connectivity index (χ1v) is 5.51. The maximum atomic E-state index is 9.63. The Morgan fingerprint density at radius 3 is 2.87 bits per heavy atom. The highest BCUT2D eigenvalue weighted by Crippen LogP contribution is 2.24. The summed E-state index contributed by atoms with van der Waals surface area (Å²) in [5.41, 5.74) is 0. The van der Waals surface area contributed by atoms with E-state index in [1.165, 1.54) is 0 Å². The fraction of sp³-hybridized carbons (Fsp3) is 0.727. The smallest absolute Gasteiger partial charge is 0.191 e. The monoisotopic (exact) mass is 211 g/mol. The summed E-state index contributed by atoms with van der Waals surface area (Å²) in [6.45, 7) is 5.12. The number of aliphatic hydroxyl groups is 1. The van der Waals surface area contributed by atoms with Gasteiger partial charge in [0.2, 0.25) is 0 Å². The second kappa shape index (κ2) is 6.45. The van der Waals surface area contributed by atoms with Crippen LogP contribution in [0.4, 0.5) is 0 Å². The Balaban J connectivity index is 2.24. The predicted molar refractivity (Wildman–Crippen MR) is 62.9 cm³/mol. The molecule has 86 valence electrons. The van der Waals surface area contributed by atoms with E-state index in [0.29, 0.717) is 12.5 Å². The Kier molecular flexibility index (Phi) is 5.18. The Morgan fingerprint density at radius 2 is 2.33 bits per heavy atom. The van der Waals surface area contributed by atoms with Crippen molar-refractivity contribution in [2.75, 3.05) is 20.1 Å². The lowest BCUT2D eigenvalue weighted by Gasteiger charge is -2.17. The van der Waals surface area contributed by atoms with Crippen LogP contribution < -0.4 is 10.6 Å². The number of nitrogens with one attached hydrogen (secondary N) is 2. The van der Waals surface area contributed by atoms with E-state index in [-0.39, 0.29) is 6.10 Å². The molecule has 0 radical (unpaired) electrons. The van der Waals surface area contributed by atoms with Crippen LogP contribution in [0.3, 0.4) is 0 Å². The van der Waals surface area contributed by atoms with Gasteiger partial charge in [-0.25, -0.2) is 0 Å². The van der Waals surface area contributed by atoms with Crippen molar-refractivity contribution in [1.82, 2.24) is 10.6 Å². The molecular formula is C11H21N3O. The van der Waals surface area contributed by atoms with Crippen LogP contribution in [0.1, 0.15) is 19.3 Å². The summed E-state index contributed by atoms with van der Waals surface area (Å²) in [6, 6.07) is 0. The van der Waals surface area contributed by atoms with Crippen LogP contribution in [-0.2, 0) is 0 Å². The van der Waals surface area contributed by atoms with Crippen LogP contribution in [0.5, 0.6) is 0 Å². The van der Waals surface area contributed by atoms with Gasteiger partial charge in [0.1, 0.15) is 0 Å². The summed E-state index contributed by atoms with van der Waals surface area (Å²) in [5.74, 6) is 1.14. The summed E-state index contributed by atoms with van der Waals surface area (Å²) in [4.78, 5) is 4.08. The predicted octanol–water partition coefficient (Wildman–Crippen LogP) is 0.498. The van der Waals surface area contributed by atoms with Gasteiger partial charge in [0.25, 0.3) is 0 Å². The van der Waals surface area contributed by atoms with Crippen LogP contribution in [0.25, 0.3) is 0 Å². The van der Waals surface area contributed by atoms with E-state index in [1.807, 2.05) is 0 Å². The molecule has 1 saturated carbocycles. The zero-order valence-corrected chi connectivity index (χ0v) is 9.37. The van der Waals surface area contributed by atoms with Crippen LogP contribution >= 0.6 is 0 Å². The lowest BCUT2D eigenvalue weighted by molar-refractivity contribution is 0.134. The van der Waals surface area contributed by atoms with Crippen molar-refractivity contribution in [2.24, 2.45) is 10.9 Å². The lowest BCUT2D eigenvalue weighted by Crippen LogP contribution is -2.41. The van der Waals surface area contributed by atoms with Gasteiger partial charge in [-0.05, 0) is 12.8 Å². The quantitative estimate of drug-likeness (QED) is 0.360. The van der Waals surface area contributed by atoms with Crippen LogP contribution in [0.2, 0.25) is 0 Å². The number of aliphatic hydroxyl groups excluding tert-OH is 1. The average molecular weight is 211 g/mol.